The number of esters is 1. The van der Waals surface area contributed by atoms with Crippen molar-refractivity contribution in [3.63, 3.8) is 0 Å². The molecule has 0 saturated carbocycles. The minimum Gasteiger partial charge on any atom is -0.465 e. The second-order valence-corrected chi connectivity index (χ2v) is 7.00. The number of hydrogen-bond acceptors (Lipinski definition) is 4. The number of hydrogen-bond donors (Lipinski definition) is 0. The highest BCUT2D eigenvalue weighted by Crippen LogP contribution is 2.40. The molecule has 0 saturated heterocycles. The molecule has 0 bridgehead atoms. The quantitative estimate of drug-likeness (QED) is 0.581. The molecule has 0 fully saturated rings. The molecule has 2 aromatic rings. The Morgan fingerprint density at radius 2 is 1.96 bits per heavy atom. The topological polar surface area (TPSA) is 43.4 Å². The van der Waals surface area contributed by atoms with E-state index in [9.17, 15) is 9.59 Å². The Labute approximate surface area is 152 Å². The van der Waals surface area contributed by atoms with Gasteiger partial charge in [0.1, 0.15) is 5.92 Å². The van der Waals surface area contributed by atoms with Crippen molar-refractivity contribution in [1.82, 2.24) is 0 Å². The highest BCUT2D eigenvalue weighted by Gasteiger charge is 2.39. The fraction of sp³-hybridized carbons (Fsp3) is 0.333. The van der Waals surface area contributed by atoms with E-state index in [4.69, 9.17) is 4.74 Å². The van der Waals surface area contributed by atoms with Gasteiger partial charge < -0.3 is 4.74 Å². The predicted octanol–water partition coefficient (Wildman–Crippen LogP) is 4.63. The third kappa shape index (κ3) is 3.74. The summed E-state index contributed by atoms with van der Waals surface area (Å²) in [6.07, 6.45) is 3.25. The first kappa shape index (κ1) is 17.6. The first-order valence-corrected chi connectivity index (χ1v) is 9.60. The Bertz CT molecular complexity index is 772. The number of ether oxygens (including phenoxy) is 1. The van der Waals surface area contributed by atoms with Crippen LogP contribution < -0.4 is 0 Å². The van der Waals surface area contributed by atoms with Crippen molar-refractivity contribution in [1.29, 1.82) is 0 Å². The molecule has 1 aromatic carbocycles. The standard InChI is InChI=1S/C21H22O3S/c1-3-14-5-7-15(8-6-14)18-11-17(16-9-10-25-13-16)12-19(22)20(18)21(23)24-4-2/h5-10,12-13,18,20H,3-4,11H2,1-2H3/t18-,20+/m1/s1. The summed E-state index contributed by atoms with van der Waals surface area (Å²) in [5.74, 6) is -1.51. The van der Waals surface area contributed by atoms with Crippen molar-refractivity contribution < 1.29 is 14.3 Å². The average molecular weight is 354 g/mol. The van der Waals surface area contributed by atoms with Gasteiger partial charge in [-0.05, 0) is 64.9 Å². The van der Waals surface area contributed by atoms with Crippen LogP contribution in [0.1, 0.15) is 42.9 Å². The van der Waals surface area contributed by atoms with Crippen molar-refractivity contribution in [2.75, 3.05) is 6.61 Å². The van der Waals surface area contributed by atoms with Crippen LogP contribution in [0.25, 0.3) is 5.57 Å². The smallest absolute Gasteiger partial charge is 0.317 e. The number of carbonyl (C=O) groups is 2. The molecule has 3 rings (SSSR count). The van der Waals surface area contributed by atoms with Crippen LogP contribution >= 0.6 is 11.3 Å². The molecule has 3 nitrogen and oxygen atoms in total. The van der Waals surface area contributed by atoms with E-state index in [0.29, 0.717) is 6.42 Å². The lowest BCUT2D eigenvalue weighted by Gasteiger charge is -2.29. The summed E-state index contributed by atoms with van der Waals surface area (Å²) in [6, 6.07) is 10.3. The van der Waals surface area contributed by atoms with Crippen LogP contribution in [0, 0.1) is 5.92 Å². The number of rotatable bonds is 5. The SMILES string of the molecule is CCOC(=O)[C@@H]1C(=O)C=C(c2ccsc2)C[C@@H]1c1ccc(CC)cc1. The summed E-state index contributed by atoms with van der Waals surface area (Å²) in [5, 5.41) is 4.05. The summed E-state index contributed by atoms with van der Waals surface area (Å²) in [5.41, 5.74) is 4.32. The van der Waals surface area contributed by atoms with Crippen molar-refractivity contribution in [3.8, 4) is 0 Å². The minimum absolute atomic E-state index is 0.157. The monoisotopic (exact) mass is 354 g/mol. The van der Waals surface area contributed by atoms with Gasteiger partial charge in [-0.3, -0.25) is 9.59 Å². The molecular formula is C21H22O3S. The molecule has 25 heavy (non-hydrogen) atoms. The maximum atomic E-state index is 12.7. The van der Waals surface area contributed by atoms with Crippen LogP contribution in [-0.2, 0) is 20.7 Å². The van der Waals surface area contributed by atoms with E-state index < -0.39 is 11.9 Å². The summed E-state index contributed by atoms with van der Waals surface area (Å²) < 4.78 is 5.19. The van der Waals surface area contributed by atoms with E-state index in [1.165, 1.54) is 5.56 Å². The zero-order valence-electron chi connectivity index (χ0n) is 14.5. The lowest BCUT2D eigenvalue weighted by atomic mass is 9.74. The number of benzene rings is 1. The number of aryl methyl sites for hydroxylation is 1. The maximum Gasteiger partial charge on any atom is 0.317 e. The zero-order chi connectivity index (χ0) is 17.8. The average Bonchev–Trinajstić information content (AvgIpc) is 3.16. The van der Waals surface area contributed by atoms with Crippen molar-refractivity contribution in [3.05, 3.63) is 63.9 Å². The fourth-order valence-corrected chi connectivity index (χ4v) is 4.03. The lowest BCUT2D eigenvalue weighted by Crippen LogP contribution is -2.34. The third-order valence-electron chi connectivity index (χ3n) is 4.71. The van der Waals surface area contributed by atoms with Gasteiger partial charge in [0, 0.05) is 5.92 Å². The van der Waals surface area contributed by atoms with Gasteiger partial charge in [-0.2, -0.15) is 11.3 Å². The van der Waals surface area contributed by atoms with Gasteiger partial charge in [0.15, 0.2) is 5.78 Å². The summed E-state index contributed by atoms with van der Waals surface area (Å²) in [4.78, 5) is 25.2. The maximum absolute atomic E-state index is 12.7. The molecule has 0 unspecified atom stereocenters. The number of thiophene rings is 1. The summed E-state index contributed by atoms with van der Waals surface area (Å²) in [6.45, 7) is 4.16. The van der Waals surface area contributed by atoms with E-state index in [0.717, 1.165) is 23.1 Å². The van der Waals surface area contributed by atoms with Gasteiger partial charge in [-0.15, -0.1) is 0 Å². The number of allylic oxidation sites excluding steroid dienone is 2. The van der Waals surface area contributed by atoms with Crippen LogP contribution in [0.15, 0.2) is 47.2 Å². The third-order valence-corrected chi connectivity index (χ3v) is 5.40. The molecular weight excluding hydrogens is 332 g/mol. The molecule has 1 heterocycles. The van der Waals surface area contributed by atoms with Gasteiger partial charge in [0.2, 0.25) is 0 Å². The van der Waals surface area contributed by atoms with Gasteiger partial charge in [-0.25, -0.2) is 0 Å². The van der Waals surface area contributed by atoms with Crippen molar-refractivity contribution >= 4 is 28.7 Å². The molecule has 1 aromatic heterocycles. The molecule has 0 radical (unpaired) electrons. The lowest BCUT2D eigenvalue weighted by molar-refractivity contribution is -0.151. The van der Waals surface area contributed by atoms with E-state index in [-0.39, 0.29) is 18.3 Å². The van der Waals surface area contributed by atoms with Crippen LogP contribution in [-0.4, -0.2) is 18.4 Å². The van der Waals surface area contributed by atoms with E-state index in [2.05, 4.69) is 19.1 Å². The largest absolute Gasteiger partial charge is 0.465 e. The summed E-state index contributed by atoms with van der Waals surface area (Å²) in [7, 11) is 0. The molecule has 0 amide bonds. The van der Waals surface area contributed by atoms with Gasteiger partial charge in [0.05, 0.1) is 6.61 Å². The van der Waals surface area contributed by atoms with Crippen molar-refractivity contribution in [2.45, 2.75) is 32.6 Å². The van der Waals surface area contributed by atoms with Gasteiger partial charge in [-0.1, -0.05) is 31.2 Å². The second-order valence-electron chi connectivity index (χ2n) is 6.22. The normalized spacial score (nSPS) is 20.2. The van der Waals surface area contributed by atoms with Crippen LogP contribution in [0.3, 0.4) is 0 Å². The molecule has 1 aliphatic rings. The van der Waals surface area contributed by atoms with E-state index >= 15 is 0 Å². The Morgan fingerprint density at radius 1 is 1.20 bits per heavy atom. The summed E-state index contributed by atoms with van der Waals surface area (Å²) >= 11 is 1.61. The van der Waals surface area contributed by atoms with Gasteiger partial charge in [0.25, 0.3) is 0 Å². The molecule has 0 aliphatic heterocycles. The molecule has 0 N–H and O–H groups in total. The first-order valence-electron chi connectivity index (χ1n) is 8.66. The van der Waals surface area contributed by atoms with Gasteiger partial charge >= 0.3 is 5.97 Å². The van der Waals surface area contributed by atoms with E-state index in [1.54, 1.807) is 24.3 Å². The fourth-order valence-electron chi connectivity index (χ4n) is 3.35. The molecule has 4 heteroatoms. The van der Waals surface area contributed by atoms with Crippen molar-refractivity contribution in [2.24, 2.45) is 5.92 Å². The Morgan fingerprint density at radius 3 is 2.56 bits per heavy atom. The highest BCUT2D eigenvalue weighted by molar-refractivity contribution is 7.08. The first-order chi connectivity index (χ1) is 12.1. The molecule has 130 valence electrons. The molecule has 2 atom stereocenters. The Kier molecular flexibility index (Phi) is 5.49. The zero-order valence-corrected chi connectivity index (χ0v) is 15.3. The van der Waals surface area contributed by atoms with E-state index in [1.807, 2.05) is 29.0 Å². The van der Waals surface area contributed by atoms with Crippen LogP contribution in [0.5, 0.6) is 0 Å². The van der Waals surface area contributed by atoms with Crippen LogP contribution in [0.4, 0.5) is 0 Å². The Balaban J connectivity index is 1.98. The second kappa shape index (κ2) is 7.79. The predicted molar refractivity (Wildman–Crippen MR) is 101 cm³/mol. The number of ketones is 1. The molecule has 1 aliphatic carbocycles. The minimum atomic E-state index is -0.755. The number of carbonyl (C=O) groups excluding carboxylic acids is 2. The highest BCUT2D eigenvalue weighted by atomic mass is 32.1. The Hall–Kier alpha value is -2.20. The van der Waals surface area contributed by atoms with Crippen LogP contribution in [0.2, 0.25) is 0 Å². The molecule has 0 spiro atoms.